The molecule has 3 atom stereocenters. The van der Waals surface area contributed by atoms with Crippen LogP contribution in [0.3, 0.4) is 0 Å². The van der Waals surface area contributed by atoms with Gasteiger partial charge in [0.05, 0.1) is 39.8 Å². The van der Waals surface area contributed by atoms with E-state index in [-0.39, 0.29) is 18.1 Å². The largest absolute Gasteiger partial charge is 0.383 e. The number of rotatable bonds is 3. The van der Waals surface area contributed by atoms with E-state index in [0.29, 0.717) is 24.5 Å². The molecule has 3 heterocycles. The van der Waals surface area contributed by atoms with Crippen molar-refractivity contribution in [1.82, 2.24) is 14.9 Å². The van der Waals surface area contributed by atoms with E-state index in [0.717, 1.165) is 21.3 Å². The van der Waals surface area contributed by atoms with Gasteiger partial charge >= 0.3 is 11.8 Å². The molecule has 0 spiro atoms. The minimum absolute atomic E-state index is 0.00723. The topological polar surface area (TPSA) is 110 Å². The van der Waals surface area contributed by atoms with Crippen molar-refractivity contribution in [2.75, 3.05) is 24.7 Å². The van der Waals surface area contributed by atoms with Crippen LogP contribution in [-0.2, 0) is 14.3 Å². The molecule has 0 saturated carbocycles. The van der Waals surface area contributed by atoms with Crippen LogP contribution in [0.25, 0.3) is 10.2 Å². The van der Waals surface area contributed by atoms with Crippen LogP contribution in [0.4, 0.5) is 11.5 Å². The fourth-order valence-electron chi connectivity index (χ4n) is 4.05. The summed E-state index contributed by atoms with van der Waals surface area (Å²) < 4.78 is 6.75. The number of anilines is 2. The Bertz CT molecular complexity index is 1130. The number of methoxy groups -OCH3 is 1. The van der Waals surface area contributed by atoms with Crippen LogP contribution in [0.15, 0.2) is 36.0 Å². The van der Waals surface area contributed by atoms with Crippen molar-refractivity contribution in [2.45, 2.75) is 32.4 Å². The number of hydrogen-bond acceptors (Lipinski definition) is 7. The van der Waals surface area contributed by atoms with E-state index in [4.69, 9.17) is 10.5 Å². The molecule has 8 nitrogen and oxygen atoms in total. The van der Waals surface area contributed by atoms with Crippen molar-refractivity contribution in [3.63, 3.8) is 0 Å². The molecule has 1 aliphatic rings. The molecule has 3 aromatic rings. The van der Waals surface area contributed by atoms with Gasteiger partial charge in [0.15, 0.2) is 0 Å². The van der Waals surface area contributed by atoms with Gasteiger partial charge in [-0.15, -0.1) is 11.3 Å². The quantitative estimate of drug-likeness (QED) is 0.607. The molecule has 1 aromatic carbocycles. The number of nitrogen functional groups attached to an aromatic ring is 1. The average Bonchev–Trinajstić information content (AvgIpc) is 3.23. The fourth-order valence-corrected chi connectivity index (χ4v) is 4.71. The lowest BCUT2D eigenvalue weighted by Crippen LogP contribution is -2.50. The number of hydrogen-bond donors (Lipinski definition) is 2. The first-order chi connectivity index (χ1) is 14.9. The Morgan fingerprint density at radius 3 is 2.84 bits per heavy atom. The highest BCUT2D eigenvalue weighted by molar-refractivity contribution is 7.16. The van der Waals surface area contributed by atoms with Crippen LogP contribution < -0.4 is 11.1 Å². The zero-order valence-corrected chi connectivity index (χ0v) is 18.5. The van der Waals surface area contributed by atoms with Crippen molar-refractivity contribution in [3.8, 4) is 0 Å². The molecule has 2 aromatic heterocycles. The van der Waals surface area contributed by atoms with E-state index in [9.17, 15) is 9.59 Å². The molecule has 1 saturated heterocycles. The molecule has 162 valence electrons. The Morgan fingerprint density at radius 2 is 2.10 bits per heavy atom. The fraction of sp³-hybridized carbons (Fsp3) is 0.364. The highest BCUT2D eigenvalue weighted by Gasteiger charge is 2.39. The number of nitrogens with zero attached hydrogens (tertiary/aromatic N) is 3. The molecule has 9 heteroatoms. The molecular formula is C22H25N5O3S. The van der Waals surface area contributed by atoms with Crippen LogP contribution in [0, 0.1) is 12.8 Å². The number of carbonyl (C=O) groups is 2. The van der Waals surface area contributed by atoms with Gasteiger partial charge in [-0.3, -0.25) is 9.59 Å². The Kier molecular flexibility index (Phi) is 5.88. The zero-order valence-electron chi connectivity index (χ0n) is 17.7. The number of pyridine rings is 1. The van der Waals surface area contributed by atoms with Crippen LogP contribution in [0.1, 0.15) is 30.5 Å². The van der Waals surface area contributed by atoms with Gasteiger partial charge in [0, 0.05) is 19.6 Å². The number of nitrogens with one attached hydrogen (secondary N) is 1. The van der Waals surface area contributed by atoms with E-state index in [1.165, 1.54) is 6.20 Å². The molecule has 0 bridgehead atoms. The minimum Gasteiger partial charge on any atom is -0.383 e. The number of thiazole rings is 1. The molecule has 0 aliphatic carbocycles. The summed E-state index contributed by atoms with van der Waals surface area (Å²) >= 11 is 1.57. The lowest BCUT2D eigenvalue weighted by molar-refractivity contribution is -0.149. The molecule has 3 N–H and O–H groups in total. The van der Waals surface area contributed by atoms with E-state index in [2.05, 4.69) is 15.3 Å². The predicted molar refractivity (Wildman–Crippen MR) is 121 cm³/mol. The number of carbonyl (C=O) groups excluding carboxylic acids is 2. The van der Waals surface area contributed by atoms with Crippen LogP contribution in [-0.4, -0.2) is 46.4 Å². The highest BCUT2D eigenvalue weighted by Crippen LogP contribution is 2.36. The third-order valence-corrected chi connectivity index (χ3v) is 6.63. The second-order valence-electron chi connectivity index (χ2n) is 7.92. The van der Waals surface area contributed by atoms with Gasteiger partial charge in [0.25, 0.3) is 0 Å². The molecule has 0 radical (unpaired) electrons. The summed E-state index contributed by atoms with van der Waals surface area (Å²) in [5.74, 6) is -0.799. The van der Waals surface area contributed by atoms with Crippen LogP contribution >= 0.6 is 11.3 Å². The minimum atomic E-state index is -0.700. The Morgan fingerprint density at radius 1 is 1.29 bits per heavy atom. The third-order valence-electron chi connectivity index (χ3n) is 5.82. The summed E-state index contributed by atoms with van der Waals surface area (Å²) in [5.41, 5.74) is 10.5. The predicted octanol–water partition coefficient (Wildman–Crippen LogP) is 3.15. The number of nitrogens with two attached hydrogens (primary N) is 1. The Hall–Kier alpha value is -3.04. The van der Waals surface area contributed by atoms with Crippen LogP contribution in [0.2, 0.25) is 0 Å². The van der Waals surface area contributed by atoms with Crippen LogP contribution in [0.5, 0.6) is 0 Å². The van der Waals surface area contributed by atoms with Gasteiger partial charge in [0.2, 0.25) is 0 Å². The summed E-state index contributed by atoms with van der Waals surface area (Å²) in [6, 6.07) is 7.41. The normalized spacial score (nSPS) is 21.3. The average molecular weight is 440 g/mol. The lowest BCUT2D eigenvalue weighted by atomic mass is 9.87. The van der Waals surface area contributed by atoms with E-state index < -0.39 is 11.8 Å². The molecule has 2 amide bonds. The van der Waals surface area contributed by atoms with Crippen molar-refractivity contribution in [3.05, 3.63) is 47.1 Å². The number of piperidine rings is 1. The third kappa shape index (κ3) is 4.24. The van der Waals surface area contributed by atoms with Gasteiger partial charge in [-0.1, -0.05) is 13.0 Å². The number of benzene rings is 1. The van der Waals surface area contributed by atoms with E-state index in [1.54, 1.807) is 41.8 Å². The van der Waals surface area contributed by atoms with Crippen molar-refractivity contribution < 1.29 is 14.3 Å². The first kappa shape index (κ1) is 21.2. The van der Waals surface area contributed by atoms with E-state index >= 15 is 0 Å². The van der Waals surface area contributed by atoms with Gasteiger partial charge in [-0.25, -0.2) is 9.97 Å². The highest BCUT2D eigenvalue weighted by atomic mass is 32.1. The van der Waals surface area contributed by atoms with Crippen molar-refractivity contribution in [1.29, 1.82) is 0 Å². The maximum Gasteiger partial charge on any atom is 0.313 e. The molecule has 1 aliphatic heterocycles. The van der Waals surface area contributed by atoms with E-state index in [1.807, 2.05) is 25.1 Å². The zero-order chi connectivity index (χ0) is 22.1. The van der Waals surface area contributed by atoms with Crippen molar-refractivity contribution in [2.24, 2.45) is 5.92 Å². The monoisotopic (exact) mass is 439 g/mol. The molecule has 31 heavy (non-hydrogen) atoms. The molecule has 0 unspecified atom stereocenters. The summed E-state index contributed by atoms with van der Waals surface area (Å²) in [5, 5.41) is 2.65. The number of likely N-dealkylation sites (tertiary alicyclic amines) is 1. The summed E-state index contributed by atoms with van der Waals surface area (Å²) in [4.78, 5) is 36.1. The first-order valence-electron chi connectivity index (χ1n) is 10.1. The summed E-state index contributed by atoms with van der Waals surface area (Å²) in [6.45, 7) is 4.24. The summed E-state index contributed by atoms with van der Waals surface area (Å²) in [6.07, 6.45) is 2.04. The number of fused-ring (bicyclic) bond motifs is 1. The number of amides is 2. The maximum atomic E-state index is 13.2. The molecular weight excluding hydrogens is 414 g/mol. The summed E-state index contributed by atoms with van der Waals surface area (Å²) in [7, 11) is 1.68. The second kappa shape index (κ2) is 8.60. The first-order valence-corrected chi connectivity index (χ1v) is 11.0. The standard InChI is InChI=1S/C22H25N5O3S/c1-12-6-15(9-24-20(12)23)26-21(28)22(29)27-10-13(2)18(30-3)8-17(27)14-4-5-19-16(7-14)25-11-31-19/h4-7,9,11,13,17-18H,8,10H2,1-3H3,(H2,23,24)(H,26,28)/t13-,17-,18+/m0/s1. The number of ether oxygens (including phenoxy) is 1. The molecule has 4 rings (SSSR count). The Labute approximate surface area is 184 Å². The Balaban J connectivity index is 1.61. The lowest BCUT2D eigenvalue weighted by Gasteiger charge is -2.42. The van der Waals surface area contributed by atoms with Gasteiger partial charge in [-0.2, -0.15) is 0 Å². The van der Waals surface area contributed by atoms with Gasteiger partial charge < -0.3 is 20.7 Å². The van der Waals surface area contributed by atoms with Crippen molar-refractivity contribution >= 4 is 44.9 Å². The number of aryl methyl sites for hydroxylation is 1. The SMILES string of the molecule is CO[C@@H]1C[C@@H](c2ccc3scnc3c2)N(C(=O)C(=O)Nc2cnc(N)c(C)c2)C[C@@H]1C. The maximum absolute atomic E-state index is 13.2. The smallest absolute Gasteiger partial charge is 0.313 e. The van der Waals surface area contributed by atoms with Gasteiger partial charge in [0.1, 0.15) is 5.82 Å². The number of aromatic nitrogens is 2. The van der Waals surface area contributed by atoms with Gasteiger partial charge in [-0.05, 0) is 42.7 Å². The molecule has 1 fully saturated rings. The second-order valence-corrected chi connectivity index (χ2v) is 8.81.